The van der Waals surface area contributed by atoms with Crippen LogP contribution in [0.15, 0.2) is 114 Å². The van der Waals surface area contributed by atoms with Crippen molar-refractivity contribution in [1.82, 2.24) is 9.80 Å². The number of ether oxygens (including phenoxy) is 2. The van der Waals surface area contributed by atoms with Gasteiger partial charge in [0.1, 0.15) is 23.9 Å². The monoisotopic (exact) mass is 579 g/mol. The summed E-state index contributed by atoms with van der Waals surface area (Å²) in [6.45, 7) is 0.434. The standard InChI is InChI=1S/C34H30FN3O5/c1-37-30(20-23-14-18-27(19-15-23)43-22-25-8-4-3-5-9-25)31(21-24-12-16-26(42-2)17-13-24)38(34(40)41)33(37)36-32(39)28-10-6-7-11-29(28)35/h3-19,21,30H,20,22H2,1-2H3,(H,40,41)/b31-21-,36-33?. The Kier molecular flexibility index (Phi) is 8.81. The molecule has 1 atom stereocenters. The molecular weight excluding hydrogens is 549 g/mol. The van der Waals surface area contributed by atoms with Gasteiger partial charge in [-0.3, -0.25) is 4.79 Å². The van der Waals surface area contributed by atoms with Crippen molar-refractivity contribution >= 4 is 24.0 Å². The van der Waals surface area contributed by atoms with Crippen LogP contribution in [0.5, 0.6) is 11.5 Å². The summed E-state index contributed by atoms with van der Waals surface area (Å²) < 4.78 is 25.5. The van der Waals surface area contributed by atoms with Crippen LogP contribution in [-0.2, 0) is 13.0 Å². The van der Waals surface area contributed by atoms with Crippen molar-refractivity contribution in [2.75, 3.05) is 14.2 Å². The Balaban J connectivity index is 1.47. The molecule has 1 heterocycles. The summed E-state index contributed by atoms with van der Waals surface area (Å²) >= 11 is 0. The van der Waals surface area contributed by atoms with E-state index in [1.165, 1.54) is 18.2 Å². The molecule has 5 rings (SSSR count). The summed E-state index contributed by atoms with van der Waals surface area (Å²) in [6.07, 6.45) is 0.815. The van der Waals surface area contributed by atoms with E-state index >= 15 is 0 Å². The summed E-state index contributed by atoms with van der Waals surface area (Å²) in [5.41, 5.74) is 2.84. The molecule has 2 amide bonds. The van der Waals surface area contributed by atoms with Gasteiger partial charge in [-0.05, 0) is 65.6 Å². The number of amides is 2. The minimum atomic E-state index is -1.32. The molecule has 1 N–H and O–H groups in total. The minimum Gasteiger partial charge on any atom is -0.497 e. The number of carbonyl (C=O) groups is 2. The number of nitrogens with zero attached hydrogens (tertiary/aromatic N) is 3. The SMILES string of the molecule is COc1ccc(/C=C2/C(Cc3ccc(OCc4ccccc4)cc3)N(C)C(=NC(=O)c3ccccc3F)N2C(=O)O)cc1. The van der Waals surface area contributed by atoms with E-state index in [1.807, 2.05) is 54.6 Å². The number of aliphatic imine (C=N–C) groups is 1. The smallest absolute Gasteiger partial charge is 0.418 e. The highest BCUT2D eigenvalue weighted by molar-refractivity contribution is 6.08. The van der Waals surface area contributed by atoms with Crippen molar-refractivity contribution in [3.05, 3.63) is 137 Å². The molecule has 1 aliphatic rings. The molecule has 43 heavy (non-hydrogen) atoms. The molecule has 4 aromatic carbocycles. The van der Waals surface area contributed by atoms with Crippen LogP contribution in [0, 0.1) is 5.82 Å². The Labute approximate surface area is 248 Å². The molecular formula is C34H30FN3O5. The van der Waals surface area contributed by atoms with Gasteiger partial charge in [-0.2, -0.15) is 4.99 Å². The number of carboxylic acid groups (broad SMARTS) is 1. The normalized spacial score (nSPS) is 16.5. The van der Waals surface area contributed by atoms with Crippen LogP contribution in [0.3, 0.4) is 0 Å². The maximum Gasteiger partial charge on any atom is 0.418 e. The molecule has 1 unspecified atom stereocenters. The van der Waals surface area contributed by atoms with Crippen LogP contribution in [0.25, 0.3) is 6.08 Å². The fourth-order valence-corrected chi connectivity index (χ4v) is 4.83. The molecule has 0 aliphatic carbocycles. The summed E-state index contributed by atoms with van der Waals surface area (Å²) in [5.74, 6) is -0.376. The van der Waals surface area contributed by atoms with E-state index in [0.29, 0.717) is 30.2 Å². The van der Waals surface area contributed by atoms with Crippen molar-refractivity contribution in [2.45, 2.75) is 19.1 Å². The van der Waals surface area contributed by atoms with Gasteiger partial charge in [-0.25, -0.2) is 14.1 Å². The van der Waals surface area contributed by atoms with Crippen LogP contribution >= 0.6 is 0 Å². The number of hydrogen-bond donors (Lipinski definition) is 1. The predicted molar refractivity (Wildman–Crippen MR) is 161 cm³/mol. The first-order chi connectivity index (χ1) is 20.8. The lowest BCUT2D eigenvalue weighted by molar-refractivity contribution is 0.0996. The second-order valence-corrected chi connectivity index (χ2v) is 9.91. The number of halogens is 1. The lowest BCUT2D eigenvalue weighted by Crippen LogP contribution is -2.36. The Morgan fingerprint density at radius 3 is 2.19 bits per heavy atom. The van der Waals surface area contributed by atoms with Gasteiger partial charge in [0.15, 0.2) is 0 Å². The molecule has 1 fully saturated rings. The van der Waals surface area contributed by atoms with Crippen molar-refractivity contribution in [3.63, 3.8) is 0 Å². The number of benzene rings is 4. The number of guanidine groups is 1. The van der Waals surface area contributed by atoms with Gasteiger partial charge in [0, 0.05) is 7.05 Å². The summed E-state index contributed by atoms with van der Waals surface area (Å²) in [4.78, 5) is 32.3. The van der Waals surface area contributed by atoms with E-state index in [4.69, 9.17) is 9.47 Å². The highest BCUT2D eigenvalue weighted by Crippen LogP contribution is 2.31. The second-order valence-electron chi connectivity index (χ2n) is 9.91. The summed E-state index contributed by atoms with van der Waals surface area (Å²) in [6, 6.07) is 29.5. The maximum atomic E-state index is 14.4. The Bertz CT molecular complexity index is 1650. The first kappa shape index (κ1) is 29.1. The van der Waals surface area contributed by atoms with E-state index in [9.17, 15) is 19.1 Å². The Morgan fingerprint density at radius 2 is 1.53 bits per heavy atom. The Morgan fingerprint density at radius 1 is 0.884 bits per heavy atom. The van der Waals surface area contributed by atoms with Crippen LogP contribution in [0.4, 0.5) is 9.18 Å². The largest absolute Gasteiger partial charge is 0.497 e. The average Bonchev–Trinajstić information content (AvgIpc) is 3.27. The van der Waals surface area contributed by atoms with Crippen LogP contribution in [0.1, 0.15) is 27.0 Å². The summed E-state index contributed by atoms with van der Waals surface area (Å²) in [7, 11) is 3.23. The van der Waals surface area contributed by atoms with E-state index in [-0.39, 0.29) is 11.5 Å². The van der Waals surface area contributed by atoms with E-state index in [0.717, 1.165) is 27.7 Å². The van der Waals surface area contributed by atoms with E-state index < -0.39 is 23.9 Å². The van der Waals surface area contributed by atoms with E-state index in [1.54, 1.807) is 49.4 Å². The molecule has 1 aliphatic heterocycles. The van der Waals surface area contributed by atoms with Crippen molar-refractivity contribution < 1.29 is 28.6 Å². The van der Waals surface area contributed by atoms with Gasteiger partial charge in [0.05, 0.1) is 24.4 Å². The predicted octanol–water partition coefficient (Wildman–Crippen LogP) is 6.49. The van der Waals surface area contributed by atoms with Crippen molar-refractivity contribution in [2.24, 2.45) is 4.99 Å². The molecule has 0 spiro atoms. The number of methoxy groups -OCH3 is 1. The molecule has 218 valence electrons. The highest BCUT2D eigenvalue weighted by Gasteiger charge is 2.42. The molecule has 4 aromatic rings. The number of carbonyl (C=O) groups excluding carboxylic acids is 1. The Hall–Kier alpha value is -5.44. The first-order valence-corrected chi connectivity index (χ1v) is 13.6. The molecule has 9 heteroatoms. The maximum absolute atomic E-state index is 14.4. The number of rotatable bonds is 8. The lowest BCUT2D eigenvalue weighted by atomic mass is 10.0. The zero-order valence-corrected chi connectivity index (χ0v) is 23.7. The van der Waals surface area contributed by atoms with Gasteiger partial charge in [-0.1, -0.05) is 66.7 Å². The van der Waals surface area contributed by atoms with Gasteiger partial charge < -0.3 is 19.5 Å². The summed E-state index contributed by atoms with van der Waals surface area (Å²) in [5, 5.41) is 10.3. The topological polar surface area (TPSA) is 91.7 Å². The molecule has 0 radical (unpaired) electrons. The van der Waals surface area contributed by atoms with Crippen molar-refractivity contribution in [3.8, 4) is 11.5 Å². The minimum absolute atomic E-state index is 0.117. The molecule has 8 nitrogen and oxygen atoms in total. The van der Waals surface area contributed by atoms with Gasteiger partial charge in [0.25, 0.3) is 5.91 Å². The van der Waals surface area contributed by atoms with Gasteiger partial charge >= 0.3 is 6.09 Å². The van der Waals surface area contributed by atoms with E-state index in [2.05, 4.69) is 4.99 Å². The third-order valence-corrected chi connectivity index (χ3v) is 7.11. The fourth-order valence-electron chi connectivity index (χ4n) is 4.83. The second kappa shape index (κ2) is 13.0. The lowest BCUT2D eigenvalue weighted by Gasteiger charge is -2.20. The third-order valence-electron chi connectivity index (χ3n) is 7.11. The van der Waals surface area contributed by atoms with Gasteiger partial charge in [-0.15, -0.1) is 0 Å². The van der Waals surface area contributed by atoms with Gasteiger partial charge in [0.2, 0.25) is 5.96 Å². The average molecular weight is 580 g/mol. The molecule has 0 saturated carbocycles. The van der Waals surface area contributed by atoms with Crippen LogP contribution < -0.4 is 9.47 Å². The quantitative estimate of drug-likeness (QED) is 0.257. The molecule has 0 aromatic heterocycles. The van der Waals surface area contributed by atoms with Crippen LogP contribution in [-0.4, -0.2) is 53.1 Å². The fraction of sp³-hybridized carbons (Fsp3) is 0.147. The highest BCUT2D eigenvalue weighted by atomic mass is 19.1. The zero-order chi connectivity index (χ0) is 30.3. The first-order valence-electron chi connectivity index (χ1n) is 13.6. The molecule has 0 bridgehead atoms. The zero-order valence-electron chi connectivity index (χ0n) is 23.7. The number of hydrogen-bond acceptors (Lipinski definition) is 4. The van der Waals surface area contributed by atoms with Crippen LogP contribution in [0.2, 0.25) is 0 Å². The number of likely N-dealkylation sites (N-methyl/N-ethyl adjacent to an activating group) is 1. The van der Waals surface area contributed by atoms with Crippen molar-refractivity contribution in [1.29, 1.82) is 0 Å². The third kappa shape index (κ3) is 6.73. The molecule has 1 saturated heterocycles.